The van der Waals surface area contributed by atoms with Crippen LogP contribution in [0.15, 0.2) is 6.33 Å². The van der Waals surface area contributed by atoms with Gasteiger partial charge in [0, 0.05) is 12.5 Å². The fourth-order valence-electron chi connectivity index (χ4n) is 3.28. The smallest absolute Gasteiger partial charge is 0.407 e. The molecule has 10 nitrogen and oxygen atoms in total. The van der Waals surface area contributed by atoms with E-state index >= 15 is 0 Å². The minimum atomic E-state index is -0.601. The third-order valence-electron chi connectivity index (χ3n) is 4.71. The van der Waals surface area contributed by atoms with Crippen LogP contribution in [0.1, 0.15) is 65.7 Å². The summed E-state index contributed by atoms with van der Waals surface area (Å²) in [6.07, 6.45) is 6.48. The van der Waals surface area contributed by atoms with Crippen LogP contribution in [0.4, 0.5) is 4.79 Å². The number of nitrogens with one attached hydrogen (secondary N) is 2. The summed E-state index contributed by atoms with van der Waals surface area (Å²) in [6.45, 7) is 5.82. The maximum absolute atomic E-state index is 12.7. The van der Waals surface area contributed by atoms with Crippen molar-refractivity contribution in [1.82, 2.24) is 30.8 Å². The van der Waals surface area contributed by atoms with Crippen LogP contribution in [0.3, 0.4) is 0 Å². The van der Waals surface area contributed by atoms with Crippen molar-refractivity contribution in [2.75, 3.05) is 6.54 Å². The highest BCUT2D eigenvalue weighted by Gasteiger charge is 2.27. The number of hydrogen-bond donors (Lipinski definition) is 2. The molecule has 1 aliphatic carbocycles. The van der Waals surface area contributed by atoms with Crippen LogP contribution in [0, 0.1) is 5.92 Å². The zero-order valence-electron chi connectivity index (χ0n) is 17.5. The Bertz CT molecular complexity index is 665. The molecule has 1 saturated carbocycles. The molecule has 29 heavy (non-hydrogen) atoms. The molecular formula is C19H32N6O4. The summed E-state index contributed by atoms with van der Waals surface area (Å²) in [5, 5.41) is 16.8. The lowest BCUT2D eigenvalue weighted by Gasteiger charge is -2.20. The van der Waals surface area contributed by atoms with Gasteiger partial charge in [0.25, 0.3) is 0 Å². The van der Waals surface area contributed by atoms with Crippen LogP contribution in [-0.4, -0.2) is 56.2 Å². The van der Waals surface area contributed by atoms with E-state index in [2.05, 4.69) is 26.0 Å². The molecule has 0 bridgehead atoms. The van der Waals surface area contributed by atoms with Crippen molar-refractivity contribution in [3.05, 3.63) is 6.33 Å². The molecule has 0 aliphatic heterocycles. The predicted molar refractivity (Wildman–Crippen MR) is 105 cm³/mol. The number of carbonyl (C=O) groups excluding carboxylic acids is 3. The number of Topliss-reactive ketones (excluding diaryl/α,β-unsaturated/α-hetero) is 1. The van der Waals surface area contributed by atoms with E-state index in [1.165, 1.54) is 11.1 Å². The number of ketones is 1. The van der Waals surface area contributed by atoms with E-state index in [0.717, 1.165) is 25.7 Å². The highest BCUT2D eigenvalue weighted by atomic mass is 16.6. The molecule has 0 spiro atoms. The van der Waals surface area contributed by atoms with Crippen molar-refractivity contribution < 1.29 is 19.1 Å². The summed E-state index contributed by atoms with van der Waals surface area (Å²) in [7, 11) is 0. The molecule has 0 radical (unpaired) electrons. The number of alkyl carbamates (subject to hydrolysis) is 1. The van der Waals surface area contributed by atoms with Gasteiger partial charge in [-0.15, -0.1) is 10.2 Å². The third kappa shape index (κ3) is 8.57. The lowest BCUT2D eigenvalue weighted by atomic mass is 10.0. The lowest BCUT2D eigenvalue weighted by molar-refractivity contribution is -0.130. The van der Waals surface area contributed by atoms with E-state index < -0.39 is 17.7 Å². The molecule has 1 fully saturated rings. The molecule has 10 heteroatoms. The van der Waals surface area contributed by atoms with Gasteiger partial charge in [0.15, 0.2) is 12.1 Å². The highest BCUT2D eigenvalue weighted by molar-refractivity contribution is 5.89. The second kappa shape index (κ2) is 10.9. The average molecular weight is 409 g/mol. The predicted octanol–water partition coefficient (Wildman–Crippen LogP) is 1.61. The number of carbonyl (C=O) groups is 3. The van der Waals surface area contributed by atoms with Gasteiger partial charge in [-0.3, -0.25) is 9.59 Å². The molecule has 1 heterocycles. The maximum Gasteiger partial charge on any atom is 0.407 e. The first-order valence-corrected chi connectivity index (χ1v) is 10.3. The molecule has 0 unspecified atom stereocenters. The van der Waals surface area contributed by atoms with Crippen LogP contribution < -0.4 is 10.6 Å². The van der Waals surface area contributed by atoms with Crippen LogP contribution >= 0.6 is 0 Å². The Morgan fingerprint density at radius 1 is 1.21 bits per heavy atom. The van der Waals surface area contributed by atoms with Gasteiger partial charge in [-0.1, -0.05) is 12.8 Å². The van der Waals surface area contributed by atoms with E-state index in [1.807, 2.05) is 0 Å². The zero-order valence-corrected chi connectivity index (χ0v) is 17.5. The molecule has 162 valence electrons. The van der Waals surface area contributed by atoms with Crippen molar-refractivity contribution in [2.45, 2.75) is 83.9 Å². The van der Waals surface area contributed by atoms with Gasteiger partial charge >= 0.3 is 6.09 Å². The molecule has 1 atom stereocenters. The molecule has 1 aliphatic rings. The monoisotopic (exact) mass is 408 g/mol. The summed E-state index contributed by atoms with van der Waals surface area (Å²) in [4.78, 5) is 38.0. The highest BCUT2D eigenvalue weighted by Crippen LogP contribution is 2.25. The van der Waals surface area contributed by atoms with Crippen LogP contribution in [0.5, 0.6) is 0 Å². The summed E-state index contributed by atoms with van der Waals surface area (Å²) < 4.78 is 5.19. The standard InChI is InChI=1S/C19H32N6O4/c1-19(2,3)29-18(28)20-11-7-6-10-15(16(26)12-25-22-13-21-24-25)23-17(27)14-8-4-5-9-14/h13-15H,4-12H2,1-3H3,(H,20,28)(H,23,27)/t15-/m0/s1. The number of ether oxygens (including phenoxy) is 1. The molecule has 1 aromatic rings. The van der Waals surface area contributed by atoms with Crippen LogP contribution in [0.25, 0.3) is 0 Å². The molecule has 1 aromatic heterocycles. The van der Waals surface area contributed by atoms with Gasteiger partial charge in [-0.25, -0.2) is 4.79 Å². The topological polar surface area (TPSA) is 128 Å². The largest absolute Gasteiger partial charge is 0.444 e. The molecular weight excluding hydrogens is 376 g/mol. The van der Waals surface area contributed by atoms with Crippen molar-refractivity contribution in [2.24, 2.45) is 5.92 Å². The second-order valence-corrected chi connectivity index (χ2v) is 8.40. The summed E-state index contributed by atoms with van der Waals surface area (Å²) in [6, 6.07) is -0.601. The Labute approximate surface area is 171 Å². The van der Waals surface area contributed by atoms with Gasteiger partial charge in [0.05, 0.1) is 6.04 Å². The Balaban J connectivity index is 1.80. The fraction of sp³-hybridized carbons (Fsp3) is 0.789. The minimum absolute atomic E-state index is 0.0105. The van der Waals surface area contributed by atoms with Crippen molar-refractivity contribution >= 4 is 17.8 Å². The molecule has 2 rings (SSSR count). The molecule has 2 N–H and O–H groups in total. The summed E-state index contributed by atoms with van der Waals surface area (Å²) in [5.74, 6) is -0.225. The Morgan fingerprint density at radius 2 is 1.93 bits per heavy atom. The summed E-state index contributed by atoms with van der Waals surface area (Å²) in [5.41, 5.74) is -0.540. The first-order chi connectivity index (χ1) is 13.7. The van der Waals surface area contributed by atoms with E-state index in [9.17, 15) is 14.4 Å². The van der Waals surface area contributed by atoms with Crippen molar-refractivity contribution in [3.63, 3.8) is 0 Å². The normalized spacial score (nSPS) is 15.7. The number of amides is 2. The van der Waals surface area contributed by atoms with Gasteiger partial charge in [0.1, 0.15) is 12.1 Å². The zero-order chi connectivity index (χ0) is 21.3. The third-order valence-corrected chi connectivity index (χ3v) is 4.71. The van der Waals surface area contributed by atoms with Gasteiger partial charge in [-0.05, 0) is 58.1 Å². The number of tetrazole rings is 1. The van der Waals surface area contributed by atoms with E-state index in [1.54, 1.807) is 20.8 Å². The van der Waals surface area contributed by atoms with Gasteiger partial charge in [-0.2, -0.15) is 4.80 Å². The average Bonchev–Trinajstić information content (AvgIpc) is 3.32. The SMILES string of the molecule is CC(C)(C)OC(=O)NCCCC[C@H](NC(=O)C1CCCC1)C(=O)Cn1ncnn1. The number of nitrogens with zero attached hydrogens (tertiary/aromatic N) is 4. The van der Waals surface area contributed by atoms with Crippen molar-refractivity contribution in [1.29, 1.82) is 0 Å². The number of hydrogen-bond acceptors (Lipinski definition) is 7. The Kier molecular flexibility index (Phi) is 8.53. The first kappa shape index (κ1) is 22.8. The van der Waals surface area contributed by atoms with Crippen LogP contribution in [-0.2, 0) is 20.9 Å². The molecule has 2 amide bonds. The number of unbranched alkanes of at least 4 members (excludes halogenated alkanes) is 1. The van der Waals surface area contributed by atoms with E-state index in [-0.39, 0.29) is 24.2 Å². The first-order valence-electron chi connectivity index (χ1n) is 10.3. The second-order valence-electron chi connectivity index (χ2n) is 8.40. The Morgan fingerprint density at radius 3 is 2.55 bits per heavy atom. The van der Waals surface area contributed by atoms with E-state index in [4.69, 9.17) is 4.74 Å². The Hall–Kier alpha value is -2.52. The molecule has 0 saturated heterocycles. The maximum atomic E-state index is 12.7. The van der Waals surface area contributed by atoms with Crippen LogP contribution in [0.2, 0.25) is 0 Å². The van der Waals surface area contributed by atoms with Crippen molar-refractivity contribution in [3.8, 4) is 0 Å². The van der Waals surface area contributed by atoms with E-state index in [0.29, 0.717) is 25.8 Å². The quantitative estimate of drug-likeness (QED) is 0.563. The van der Waals surface area contributed by atoms with Gasteiger partial charge < -0.3 is 15.4 Å². The number of rotatable bonds is 10. The minimum Gasteiger partial charge on any atom is -0.444 e. The summed E-state index contributed by atoms with van der Waals surface area (Å²) >= 11 is 0. The lowest BCUT2D eigenvalue weighted by Crippen LogP contribution is -2.44. The molecule has 0 aromatic carbocycles. The number of aromatic nitrogens is 4. The fourth-order valence-corrected chi connectivity index (χ4v) is 3.28. The van der Waals surface area contributed by atoms with Gasteiger partial charge in [0.2, 0.25) is 5.91 Å².